The topological polar surface area (TPSA) is 39.7 Å². The second kappa shape index (κ2) is 11.5. The highest BCUT2D eigenvalue weighted by atomic mass is 127. The summed E-state index contributed by atoms with van der Waals surface area (Å²) in [5, 5.41) is 7.06. The van der Waals surface area contributed by atoms with Gasteiger partial charge in [-0.1, -0.05) is 32.1 Å². The smallest absolute Gasteiger partial charge is 0.191 e. The van der Waals surface area contributed by atoms with E-state index in [0.29, 0.717) is 6.04 Å². The van der Waals surface area contributed by atoms with Crippen LogP contribution in [-0.2, 0) is 0 Å². The largest absolute Gasteiger partial charge is 0.355 e. The van der Waals surface area contributed by atoms with Gasteiger partial charge in [0.2, 0.25) is 0 Å². The van der Waals surface area contributed by atoms with Crippen molar-refractivity contribution in [2.45, 2.75) is 63.8 Å². The molecule has 1 saturated carbocycles. The average Bonchev–Trinajstić information content (AvgIpc) is 2.76. The van der Waals surface area contributed by atoms with Gasteiger partial charge in [-0.2, -0.15) is 0 Å². The van der Waals surface area contributed by atoms with Crippen molar-refractivity contribution in [3.05, 3.63) is 0 Å². The van der Waals surface area contributed by atoms with Crippen molar-refractivity contribution in [1.82, 2.24) is 15.5 Å². The molecule has 0 amide bonds. The predicted octanol–water partition coefficient (Wildman–Crippen LogP) is 2.98. The summed E-state index contributed by atoms with van der Waals surface area (Å²) in [6.07, 6.45) is 12.3. The summed E-state index contributed by atoms with van der Waals surface area (Å²) in [6.45, 7) is 4.70. The van der Waals surface area contributed by atoms with Gasteiger partial charge in [0, 0.05) is 26.2 Å². The molecule has 2 N–H and O–H groups in total. The van der Waals surface area contributed by atoms with Gasteiger partial charge in [0.15, 0.2) is 5.96 Å². The first kappa shape index (κ1) is 19.0. The molecule has 0 bridgehead atoms. The van der Waals surface area contributed by atoms with Crippen LogP contribution in [-0.4, -0.2) is 50.1 Å². The molecule has 1 saturated heterocycles. The zero-order valence-electron chi connectivity index (χ0n) is 13.6. The van der Waals surface area contributed by atoms with Crippen LogP contribution in [0.15, 0.2) is 4.99 Å². The van der Waals surface area contributed by atoms with Crippen molar-refractivity contribution in [2.24, 2.45) is 4.99 Å². The quantitative estimate of drug-likeness (QED) is 0.427. The van der Waals surface area contributed by atoms with E-state index in [9.17, 15) is 0 Å². The summed E-state index contributed by atoms with van der Waals surface area (Å²) in [5.74, 6) is 0.992. The second-order valence-corrected chi connectivity index (χ2v) is 6.23. The number of hydrogen-bond donors (Lipinski definition) is 2. The third-order valence-corrected chi connectivity index (χ3v) is 4.59. The first-order valence-corrected chi connectivity index (χ1v) is 8.58. The van der Waals surface area contributed by atoms with Crippen molar-refractivity contribution in [3.8, 4) is 0 Å². The molecule has 124 valence electrons. The molecule has 2 rings (SSSR count). The van der Waals surface area contributed by atoms with Crippen LogP contribution in [0.5, 0.6) is 0 Å². The Labute approximate surface area is 147 Å². The fourth-order valence-corrected chi connectivity index (χ4v) is 3.33. The van der Waals surface area contributed by atoms with Gasteiger partial charge in [-0.25, -0.2) is 0 Å². The van der Waals surface area contributed by atoms with Crippen LogP contribution in [0.25, 0.3) is 0 Å². The minimum Gasteiger partial charge on any atom is -0.355 e. The van der Waals surface area contributed by atoms with Crippen LogP contribution in [0, 0.1) is 0 Å². The standard InChI is InChI=1S/C16H32N4.HI/c1-17-16(19-15-9-5-4-6-10-15)18-11-14-20-12-7-2-3-8-13-20;/h15H,2-14H2,1H3,(H2,17,18,19);1H. The Kier molecular flexibility index (Phi) is 10.4. The number of nitrogens with one attached hydrogen (secondary N) is 2. The van der Waals surface area contributed by atoms with Crippen LogP contribution in [0.3, 0.4) is 0 Å². The molecular weight excluding hydrogens is 375 g/mol. The van der Waals surface area contributed by atoms with Gasteiger partial charge >= 0.3 is 0 Å². The lowest BCUT2D eigenvalue weighted by atomic mass is 9.96. The highest BCUT2D eigenvalue weighted by Crippen LogP contribution is 2.17. The lowest BCUT2D eigenvalue weighted by Gasteiger charge is -2.26. The molecule has 1 heterocycles. The lowest BCUT2D eigenvalue weighted by molar-refractivity contribution is 0.289. The molecule has 1 aliphatic carbocycles. The molecule has 21 heavy (non-hydrogen) atoms. The van der Waals surface area contributed by atoms with E-state index < -0.39 is 0 Å². The SMILES string of the molecule is CN=C(NCCN1CCCCCC1)NC1CCCCC1.I. The monoisotopic (exact) mass is 408 g/mol. The van der Waals surface area contributed by atoms with Gasteiger partial charge in [0.1, 0.15) is 0 Å². The molecule has 0 atom stereocenters. The first-order valence-electron chi connectivity index (χ1n) is 8.58. The summed E-state index contributed by atoms with van der Waals surface area (Å²) < 4.78 is 0. The van der Waals surface area contributed by atoms with Crippen molar-refractivity contribution < 1.29 is 0 Å². The first-order chi connectivity index (χ1) is 9.88. The summed E-state index contributed by atoms with van der Waals surface area (Å²) in [6, 6.07) is 0.633. The Morgan fingerprint density at radius 1 is 1.00 bits per heavy atom. The maximum Gasteiger partial charge on any atom is 0.191 e. The Balaban J connectivity index is 0.00000220. The zero-order valence-corrected chi connectivity index (χ0v) is 15.9. The molecule has 5 heteroatoms. The maximum atomic E-state index is 4.36. The Hall–Kier alpha value is -0.0400. The van der Waals surface area contributed by atoms with Gasteiger partial charge < -0.3 is 15.5 Å². The molecule has 4 nitrogen and oxygen atoms in total. The van der Waals surface area contributed by atoms with E-state index >= 15 is 0 Å². The molecule has 2 fully saturated rings. The van der Waals surface area contributed by atoms with E-state index in [1.54, 1.807) is 0 Å². The van der Waals surface area contributed by atoms with E-state index in [-0.39, 0.29) is 24.0 Å². The molecule has 0 aromatic carbocycles. The van der Waals surface area contributed by atoms with Crippen molar-refractivity contribution in [2.75, 3.05) is 33.2 Å². The number of guanidine groups is 1. The third-order valence-electron chi connectivity index (χ3n) is 4.59. The summed E-state index contributed by atoms with van der Waals surface area (Å²) in [5.41, 5.74) is 0. The fraction of sp³-hybridized carbons (Fsp3) is 0.938. The van der Waals surface area contributed by atoms with E-state index in [1.807, 2.05) is 7.05 Å². The molecule has 0 spiro atoms. The van der Waals surface area contributed by atoms with Gasteiger partial charge in [0.05, 0.1) is 0 Å². The zero-order chi connectivity index (χ0) is 14.0. The molecular formula is C16H33IN4. The van der Waals surface area contributed by atoms with Gasteiger partial charge in [-0.3, -0.25) is 4.99 Å². The van der Waals surface area contributed by atoms with Crippen molar-refractivity contribution in [3.63, 3.8) is 0 Å². The number of halogens is 1. The summed E-state index contributed by atoms with van der Waals surface area (Å²) in [7, 11) is 1.88. The number of hydrogen-bond acceptors (Lipinski definition) is 2. The molecule has 2 aliphatic rings. The van der Waals surface area contributed by atoms with E-state index in [2.05, 4.69) is 20.5 Å². The number of nitrogens with zero attached hydrogens (tertiary/aromatic N) is 2. The Morgan fingerprint density at radius 3 is 2.24 bits per heavy atom. The Morgan fingerprint density at radius 2 is 1.62 bits per heavy atom. The molecule has 0 radical (unpaired) electrons. The van der Waals surface area contributed by atoms with E-state index in [1.165, 1.54) is 70.9 Å². The van der Waals surface area contributed by atoms with E-state index in [0.717, 1.165) is 19.0 Å². The number of aliphatic imine (C=N–C) groups is 1. The fourth-order valence-electron chi connectivity index (χ4n) is 3.33. The highest BCUT2D eigenvalue weighted by Gasteiger charge is 2.14. The van der Waals surface area contributed by atoms with Crippen LogP contribution in [0.4, 0.5) is 0 Å². The summed E-state index contributed by atoms with van der Waals surface area (Å²) >= 11 is 0. The molecule has 0 aromatic rings. The van der Waals surface area contributed by atoms with Gasteiger partial charge in [0.25, 0.3) is 0 Å². The predicted molar refractivity (Wildman–Crippen MR) is 102 cm³/mol. The molecule has 1 aliphatic heterocycles. The third kappa shape index (κ3) is 7.68. The van der Waals surface area contributed by atoms with Crippen molar-refractivity contribution >= 4 is 29.9 Å². The maximum absolute atomic E-state index is 4.36. The Bertz CT molecular complexity index is 282. The van der Waals surface area contributed by atoms with E-state index in [4.69, 9.17) is 0 Å². The minimum absolute atomic E-state index is 0. The number of rotatable bonds is 4. The average molecular weight is 408 g/mol. The van der Waals surface area contributed by atoms with Gasteiger partial charge in [-0.05, 0) is 38.8 Å². The lowest BCUT2D eigenvalue weighted by Crippen LogP contribution is -2.46. The normalized spacial score (nSPS) is 22.2. The summed E-state index contributed by atoms with van der Waals surface area (Å²) in [4.78, 5) is 6.95. The number of likely N-dealkylation sites (tertiary alicyclic amines) is 1. The molecule has 0 unspecified atom stereocenters. The van der Waals surface area contributed by atoms with Crippen LogP contribution in [0.1, 0.15) is 57.8 Å². The highest BCUT2D eigenvalue weighted by molar-refractivity contribution is 14.0. The van der Waals surface area contributed by atoms with Crippen LogP contribution in [0.2, 0.25) is 0 Å². The second-order valence-electron chi connectivity index (χ2n) is 6.23. The van der Waals surface area contributed by atoms with Crippen LogP contribution >= 0.6 is 24.0 Å². The van der Waals surface area contributed by atoms with Crippen molar-refractivity contribution in [1.29, 1.82) is 0 Å². The minimum atomic E-state index is 0. The van der Waals surface area contributed by atoms with Gasteiger partial charge in [-0.15, -0.1) is 24.0 Å². The van der Waals surface area contributed by atoms with Crippen LogP contribution < -0.4 is 10.6 Å². The molecule has 0 aromatic heterocycles.